The number of hydrogen-bond acceptors (Lipinski definition) is 2. The maximum atomic E-state index is 13.1. The van der Waals surface area contributed by atoms with Gasteiger partial charge in [-0.05, 0) is 12.1 Å². The zero-order valence-electron chi connectivity index (χ0n) is 7.76. The summed E-state index contributed by atoms with van der Waals surface area (Å²) in [5.74, 6) is -5.74. The quantitative estimate of drug-likeness (QED) is 0.822. The van der Waals surface area contributed by atoms with Gasteiger partial charge >= 0.3 is 6.61 Å². The highest BCUT2D eigenvalue weighted by Gasteiger charge is 2.33. The highest BCUT2D eigenvalue weighted by Crippen LogP contribution is 2.31. The molecule has 0 aromatic heterocycles. The van der Waals surface area contributed by atoms with E-state index in [0.29, 0.717) is 12.1 Å². The number of alkyl halides is 4. The highest BCUT2D eigenvalue weighted by molar-refractivity contribution is 5.31. The summed E-state index contributed by atoms with van der Waals surface area (Å²) in [6.07, 6.45) is 0. The third-order valence-electron chi connectivity index (χ3n) is 1.76. The van der Waals surface area contributed by atoms with E-state index in [0.717, 1.165) is 6.07 Å². The molecule has 0 radical (unpaired) electrons. The Balaban J connectivity index is 3.00. The molecule has 90 valence electrons. The number of rotatable bonds is 4. The second-order valence-electron chi connectivity index (χ2n) is 2.88. The van der Waals surface area contributed by atoms with Crippen molar-refractivity contribution in [2.24, 2.45) is 0 Å². The monoisotopic (exact) mass is 242 g/mol. The third kappa shape index (κ3) is 2.82. The fraction of sp³-hybridized carbons (Fsp3) is 0.333. The van der Waals surface area contributed by atoms with E-state index in [2.05, 4.69) is 4.74 Å². The Kier molecular flexibility index (Phi) is 3.69. The number of halogens is 5. The van der Waals surface area contributed by atoms with E-state index in [-0.39, 0.29) is 0 Å². The van der Waals surface area contributed by atoms with Gasteiger partial charge in [0, 0.05) is 6.07 Å². The molecule has 0 saturated heterocycles. The SMILES string of the molecule is OCC(F)(F)c1ccc(OC(F)F)cc1F. The van der Waals surface area contributed by atoms with Crippen molar-refractivity contribution in [3.8, 4) is 5.75 Å². The number of hydrogen-bond donors (Lipinski definition) is 1. The normalized spacial score (nSPS) is 11.9. The van der Waals surface area contributed by atoms with Crippen molar-refractivity contribution in [2.45, 2.75) is 12.5 Å². The van der Waals surface area contributed by atoms with Gasteiger partial charge in [0.15, 0.2) is 0 Å². The Hall–Kier alpha value is -1.37. The van der Waals surface area contributed by atoms with Crippen LogP contribution in [0.25, 0.3) is 0 Å². The topological polar surface area (TPSA) is 29.5 Å². The van der Waals surface area contributed by atoms with Gasteiger partial charge in [-0.3, -0.25) is 0 Å². The van der Waals surface area contributed by atoms with Crippen LogP contribution in [-0.2, 0) is 5.92 Å². The Morgan fingerprint density at radius 1 is 1.31 bits per heavy atom. The summed E-state index contributed by atoms with van der Waals surface area (Å²) in [6.45, 7) is -4.73. The molecule has 2 nitrogen and oxygen atoms in total. The number of ether oxygens (including phenoxy) is 1. The van der Waals surface area contributed by atoms with Gasteiger partial charge in [0.1, 0.15) is 18.2 Å². The third-order valence-corrected chi connectivity index (χ3v) is 1.76. The van der Waals surface area contributed by atoms with Gasteiger partial charge in [-0.25, -0.2) is 4.39 Å². The van der Waals surface area contributed by atoms with E-state index in [4.69, 9.17) is 5.11 Å². The maximum absolute atomic E-state index is 13.1. The van der Waals surface area contributed by atoms with Crippen LogP contribution in [-0.4, -0.2) is 18.3 Å². The second-order valence-corrected chi connectivity index (χ2v) is 2.88. The summed E-state index contributed by atoms with van der Waals surface area (Å²) in [5, 5.41) is 8.32. The first-order valence-corrected chi connectivity index (χ1v) is 4.10. The molecular formula is C9H7F5O2. The molecule has 0 fully saturated rings. The van der Waals surface area contributed by atoms with Crippen LogP contribution in [0.1, 0.15) is 5.56 Å². The van der Waals surface area contributed by atoms with Crippen LogP contribution in [0.4, 0.5) is 22.0 Å². The molecule has 0 unspecified atom stereocenters. The minimum atomic E-state index is -3.76. The van der Waals surface area contributed by atoms with Crippen LogP contribution in [0.5, 0.6) is 5.75 Å². The van der Waals surface area contributed by atoms with Gasteiger partial charge < -0.3 is 9.84 Å². The minimum absolute atomic E-state index is 0.408. The van der Waals surface area contributed by atoms with Crippen LogP contribution in [0.2, 0.25) is 0 Å². The minimum Gasteiger partial charge on any atom is -0.435 e. The number of aliphatic hydroxyl groups is 1. The lowest BCUT2D eigenvalue weighted by Gasteiger charge is -2.15. The molecule has 0 bridgehead atoms. The summed E-state index contributed by atoms with van der Waals surface area (Å²) in [6, 6.07) is 1.77. The van der Waals surface area contributed by atoms with Crippen molar-refractivity contribution in [3.05, 3.63) is 29.6 Å². The van der Waals surface area contributed by atoms with Crippen molar-refractivity contribution in [2.75, 3.05) is 6.61 Å². The molecule has 0 aliphatic rings. The summed E-state index contributed by atoms with van der Waals surface area (Å²) < 4.78 is 66.0. The Morgan fingerprint density at radius 3 is 2.38 bits per heavy atom. The van der Waals surface area contributed by atoms with Gasteiger partial charge in [-0.15, -0.1) is 0 Å². The number of benzene rings is 1. The molecule has 7 heteroatoms. The lowest BCUT2D eigenvalue weighted by Crippen LogP contribution is -2.20. The first-order valence-electron chi connectivity index (χ1n) is 4.10. The van der Waals surface area contributed by atoms with E-state index in [1.54, 1.807) is 0 Å². The molecule has 0 spiro atoms. The smallest absolute Gasteiger partial charge is 0.387 e. The molecule has 0 saturated carbocycles. The van der Waals surface area contributed by atoms with Crippen LogP contribution in [0.3, 0.4) is 0 Å². The zero-order valence-corrected chi connectivity index (χ0v) is 7.76. The predicted molar refractivity (Wildman–Crippen MR) is 44.0 cm³/mol. The van der Waals surface area contributed by atoms with Crippen LogP contribution < -0.4 is 4.74 Å². The van der Waals surface area contributed by atoms with Gasteiger partial charge in [0.2, 0.25) is 0 Å². The second kappa shape index (κ2) is 4.65. The average Bonchev–Trinajstić information content (AvgIpc) is 2.16. The predicted octanol–water partition coefficient (Wildman–Crippen LogP) is 2.51. The molecule has 1 N–H and O–H groups in total. The van der Waals surface area contributed by atoms with Crippen molar-refractivity contribution >= 4 is 0 Å². The molecular weight excluding hydrogens is 235 g/mol. The largest absolute Gasteiger partial charge is 0.435 e. The van der Waals surface area contributed by atoms with Crippen LogP contribution in [0, 0.1) is 5.82 Å². The van der Waals surface area contributed by atoms with Crippen molar-refractivity contribution < 1.29 is 31.8 Å². The maximum Gasteiger partial charge on any atom is 0.387 e. The molecule has 0 amide bonds. The van der Waals surface area contributed by atoms with Gasteiger partial charge in [0.05, 0.1) is 5.56 Å². The highest BCUT2D eigenvalue weighted by atomic mass is 19.3. The molecule has 16 heavy (non-hydrogen) atoms. The number of aliphatic hydroxyl groups excluding tert-OH is 1. The standard InChI is InChI=1S/C9H7F5O2/c10-7-3-5(16-8(11)12)1-2-6(7)9(13,14)4-15/h1-3,8,15H,4H2. The lowest BCUT2D eigenvalue weighted by molar-refractivity contribution is -0.0591. The first-order chi connectivity index (χ1) is 7.36. The van der Waals surface area contributed by atoms with Gasteiger partial charge in [-0.2, -0.15) is 17.6 Å². The molecule has 0 aliphatic carbocycles. The molecule has 1 aromatic rings. The average molecular weight is 242 g/mol. The van der Waals surface area contributed by atoms with E-state index in [1.165, 1.54) is 0 Å². The van der Waals surface area contributed by atoms with Gasteiger partial charge in [0.25, 0.3) is 5.92 Å². The lowest BCUT2D eigenvalue weighted by atomic mass is 10.1. The zero-order chi connectivity index (χ0) is 12.3. The molecule has 1 rings (SSSR count). The Bertz CT molecular complexity index is 367. The van der Waals surface area contributed by atoms with Crippen LogP contribution in [0.15, 0.2) is 18.2 Å². The molecule has 0 heterocycles. The van der Waals surface area contributed by atoms with Gasteiger partial charge in [-0.1, -0.05) is 0 Å². The van der Waals surface area contributed by atoms with E-state index in [9.17, 15) is 22.0 Å². The van der Waals surface area contributed by atoms with E-state index < -0.39 is 36.3 Å². The molecule has 0 aliphatic heterocycles. The van der Waals surface area contributed by atoms with Crippen LogP contribution >= 0.6 is 0 Å². The fourth-order valence-corrected chi connectivity index (χ4v) is 1.05. The van der Waals surface area contributed by atoms with E-state index in [1.807, 2.05) is 0 Å². The summed E-state index contributed by atoms with van der Waals surface area (Å²) in [4.78, 5) is 0. The van der Waals surface area contributed by atoms with E-state index >= 15 is 0 Å². The first kappa shape index (κ1) is 12.7. The summed E-state index contributed by atoms with van der Waals surface area (Å²) in [7, 11) is 0. The Labute approximate surface area is 87.3 Å². The fourth-order valence-electron chi connectivity index (χ4n) is 1.05. The molecule has 1 aromatic carbocycles. The van der Waals surface area contributed by atoms with Crippen molar-refractivity contribution in [1.82, 2.24) is 0 Å². The Morgan fingerprint density at radius 2 is 1.94 bits per heavy atom. The van der Waals surface area contributed by atoms with Crippen molar-refractivity contribution in [3.63, 3.8) is 0 Å². The summed E-state index contributed by atoms with van der Waals surface area (Å²) in [5.41, 5.74) is -1.07. The molecule has 0 atom stereocenters. The van der Waals surface area contributed by atoms with Crippen molar-refractivity contribution in [1.29, 1.82) is 0 Å². The summed E-state index contributed by atoms with van der Waals surface area (Å²) >= 11 is 0.